The molecule has 1 atom stereocenters. The summed E-state index contributed by atoms with van der Waals surface area (Å²) >= 11 is 4.36. The summed E-state index contributed by atoms with van der Waals surface area (Å²) in [6, 6.07) is 6.58. The van der Waals surface area contributed by atoms with Gasteiger partial charge in [-0.1, -0.05) is 12.1 Å². The standard InChI is InChI=1S/C10H9N3O2S/c14-10(15)7-3-1-2-6(4-7)8(16)9-11-5-12-13-9/h1-5,8,16H,(H,14,15)(H,11,12,13). The Morgan fingerprint density at radius 1 is 1.50 bits per heavy atom. The van der Waals surface area contributed by atoms with Gasteiger partial charge in [-0.15, -0.1) is 0 Å². The number of thiol groups is 1. The van der Waals surface area contributed by atoms with Gasteiger partial charge < -0.3 is 5.11 Å². The van der Waals surface area contributed by atoms with Crippen LogP contribution in [0.5, 0.6) is 0 Å². The van der Waals surface area contributed by atoms with Crippen LogP contribution < -0.4 is 0 Å². The molecule has 6 heteroatoms. The second kappa shape index (κ2) is 4.36. The van der Waals surface area contributed by atoms with Crippen LogP contribution in [-0.2, 0) is 0 Å². The Bertz CT molecular complexity index is 499. The molecule has 0 aliphatic carbocycles. The van der Waals surface area contributed by atoms with Crippen molar-refractivity contribution in [3.63, 3.8) is 0 Å². The van der Waals surface area contributed by atoms with E-state index in [1.807, 2.05) is 0 Å². The highest BCUT2D eigenvalue weighted by Crippen LogP contribution is 2.25. The van der Waals surface area contributed by atoms with E-state index in [-0.39, 0.29) is 10.8 Å². The van der Waals surface area contributed by atoms with Gasteiger partial charge in [0.25, 0.3) is 0 Å². The summed E-state index contributed by atoms with van der Waals surface area (Å²) in [7, 11) is 0. The smallest absolute Gasteiger partial charge is 0.335 e. The van der Waals surface area contributed by atoms with Crippen molar-refractivity contribution < 1.29 is 9.90 Å². The molecule has 2 rings (SSSR count). The molecule has 0 spiro atoms. The van der Waals surface area contributed by atoms with E-state index in [9.17, 15) is 4.79 Å². The number of benzene rings is 1. The van der Waals surface area contributed by atoms with Gasteiger partial charge >= 0.3 is 5.97 Å². The monoisotopic (exact) mass is 235 g/mol. The first-order chi connectivity index (χ1) is 7.68. The molecule has 1 aromatic carbocycles. The fourth-order valence-corrected chi connectivity index (χ4v) is 1.63. The average Bonchev–Trinajstić information content (AvgIpc) is 2.81. The lowest BCUT2D eigenvalue weighted by atomic mass is 10.1. The lowest BCUT2D eigenvalue weighted by Crippen LogP contribution is -2.00. The third-order valence-corrected chi connectivity index (χ3v) is 2.68. The second-order valence-electron chi connectivity index (χ2n) is 3.20. The molecule has 0 bridgehead atoms. The summed E-state index contributed by atoms with van der Waals surface area (Å²) in [5.74, 6) is -0.370. The van der Waals surface area contributed by atoms with Crippen LogP contribution in [0.1, 0.15) is 27.0 Å². The van der Waals surface area contributed by atoms with Gasteiger partial charge in [0.2, 0.25) is 0 Å². The molecule has 0 aliphatic rings. The van der Waals surface area contributed by atoms with E-state index in [0.29, 0.717) is 5.82 Å². The van der Waals surface area contributed by atoms with Crippen LogP contribution >= 0.6 is 12.6 Å². The number of nitrogens with zero attached hydrogens (tertiary/aromatic N) is 2. The maximum atomic E-state index is 10.8. The van der Waals surface area contributed by atoms with Crippen LogP contribution in [0.25, 0.3) is 0 Å². The molecule has 2 N–H and O–H groups in total. The van der Waals surface area contributed by atoms with E-state index in [1.165, 1.54) is 12.4 Å². The van der Waals surface area contributed by atoms with Crippen molar-refractivity contribution in [1.29, 1.82) is 0 Å². The minimum absolute atomic E-state index is 0.232. The Labute approximate surface area is 96.9 Å². The Morgan fingerprint density at radius 2 is 2.31 bits per heavy atom. The molecular weight excluding hydrogens is 226 g/mol. The highest BCUT2D eigenvalue weighted by molar-refractivity contribution is 7.80. The molecule has 1 heterocycles. The van der Waals surface area contributed by atoms with Gasteiger partial charge in [0.1, 0.15) is 12.2 Å². The zero-order valence-corrected chi connectivity index (χ0v) is 9.06. The van der Waals surface area contributed by atoms with E-state index in [0.717, 1.165) is 5.56 Å². The van der Waals surface area contributed by atoms with E-state index in [1.54, 1.807) is 18.2 Å². The summed E-state index contributed by atoms with van der Waals surface area (Å²) in [5.41, 5.74) is 0.996. The first kappa shape index (κ1) is 10.7. The van der Waals surface area contributed by atoms with Gasteiger partial charge in [-0.25, -0.2) is 9.78 Å². The number of aromatic amines is 1. The van der Waals surface area contributed by atoms with E-state index < -0.39 is 5.97 Å². The first-order valence-electron chi connectivity index (χ1n) is 4.55. The number of aromatic carboxylic acids is 1. The number of nitrogens with one attached hydrogen (secondary N) is 1. The third kappa shape index (κ3) is 2.06. The van der Waals surface area contributed by atoms with E-state index in [4.69, 9.17) is 5.11 Å². The maximum absolute atomic E-state index is 10.8. The van der Waals surface area contributed by atoms with Gasteiger partial charge in [0.15, 0.2) is 0 Å². The lowest BCUT2D eigenvalue weighted by Gasteiger charge is -2.08. The second-order valence-corrected chi connectivity index (χ2v) is 3.72. The van der Waals surface area contributed by atoms with Crippen molar-refractivity contribution in [2.75, 3.05) is 0 Å². The van der Waals surface area contributed by atoms with Crippen LogP contribution in [0.2, 0.25) is 0 Å². The van der Waals surface area contributed by atoms with Gasteiger partial charge in [0.05, 0.1) is 10.8 Å². The summed E-state index contributed by atoms with van der Waals surface area (Å²) in [6.45, 7) is 0. The van der Waals surface area contributed by atoms with Gasteiger partial charge in [-0.3, -0.25) is 5.10 Å². The molecule has 0 aliphatic heterocycles. The summed E-state index contributed by atoms with van der Waals surface area (Å²) in [5, 5.41) is 15.0. The zero-order valence-electron chi connectivity index (χ0n) is 8.16. The minimum Gasteiger partial charge on any atom is -0.478 e. The predicted molar refractivity (Wildman–Crippen MR) is 60.6 cm³/mol. The summed E-state index contributed by atoms with van der Waals surface area (Å²) in [6.07, 6.45) is 1.39. The number of aromatic nitrogens is 3. The zero-order chi connectivity index (χ0) is 11.5. The molecule has 1 aromatic heterocycles. The molecule has 0 saturated heterocycles. The fourth-order valence-electron chi connectivity index (χ4n) is 1.35. The number of rotatable bonds is 3. The average molecular weight is 235 g/mol. The molecule has 0 radical (unpaired) electrons. The molecule has 0 amide bonds. The van der Waals surface area contributed by atoms with Crippen LogP contribution in [0.4, 0.5) is 0 Å². The molecule has 0 fully saturated rings. The normalized spacial score (nSPS) is 12.3. The topological polar surface area (TPSA) is 78.9 Å². The quantitative estimate of drug-likeness (QED) is 0.705. The van der Waals surface area contributed by atoms with Crippen molar-refractivity contribution in [1.82, 2.24) is 15.2 Å². The van der Waals surface area contributed by atoms with Gasteiger partial charge in [-0.05, 0) is 17.7 Å². The molecule has 82 valence electrons. The van der Waals surface area contributed by atoms with Crippen LogP contribution in [0, 0.1) is 0 Å². The number of H-pyrrole nitrogens is 1. The molecule has 0 saturated carbocycles. The summed E-state index contributed by atoms with van der Waals surface area (Å²) < 4.78 is 0. The SMILES string of the molecule is O=C(O)c1cccc(C(S)c2ncn[nH]2)c1. The third-order valence-electron chi connectivity index (χ3n) is 2.14. The van der Waals surface area contributed by atoms with Gasteiger partial charge in [0, 0.05) is 0 Å². The van der Waals surface area contributed by atoms with Crippen LogP contribution in [0.15, 0.2) is 30.6 Å². The predicted octanol–water partition coefficient (Wildman–Crippen LogP) is 1.52. The van der Waals surface area contributed by atoms with Crippen molar-refractivity contribution in [2.24, 2.45) is 0 Å². The van der Waals surface area contributed by atoms with Gasteiger partial charge in [-0.2, -0.15) is 17.7 Å². The Balaban J connectivity index is 2.34. The number of carbonyl (C=O) groups is 1. The molecule has 1 unspecified atom stereocenters. The molecule has 2 aromatic rings. The number of hydrogen-bond donors (Lipinski definition) is 3. The highest BCUT2D eigenvalue weighted by atomic mass is 32.1. The minimum atomic E-state index is -0.958. The lowest BCUT2D eigenvalue weighted by molar-refractivity contribution is 0.0697. The van der Waals surface area contributed by atoms with Crippen LogP contribution in [0.3, 0.4) is 0 Å². The Hall–Kier alpha value is -1.82. The van der Waals surface area contributed by atoms with Crippen LogP contribution in [-0.4, -0.2) is 26.3 Å². The van der Waals surface area contributed by atoms with Crippen molar-refractivity contribution >= 4 is 18.6 Å². The number of hydrogen-bond acceptors (Lipinski definition) is 4. The highest BCUT2D eigenvalue weighted by Gasteiger charge is 2.13. The molecule has 16 heavy (non-hydrogen) atoms. The van der Waals surface area contributed by atoms with Crippen molar-refractivity contribution in [3.05, 3.63) is 47.5 Å². The van der Waals surface area contributed by atoms with Crippen molar-refractivity contribution in [3.8, 4) is 0 Å². The molecular formula is C10H9N3O2S. The largest absolute Gasteiger partial charge is 0.478 e. The summed E-state index contributed by atoms with van der Waals surface area (Å²) in [4.78, 5) is 14.8. The van der Waals surface area contributed by atoms with Crippen molar-refractivity contribution in [2.45, 2.75) is 5.25 Å². The molecule has 5 nitrogen and oxygen atoms in total. The van der Waals surface area contributed by atoms with E-state index in [2.05, 4.69) is 27.8 Å². The number of carboxylic acids is 1. The Morgan fingerprint density at radius 3 is 2.94 bits per heavy atom. The van der Waals surface area contributed by atoms with E-state index >= 15 is 0 Å². The Kier molecular flexibility index (Phi) is 2.91. The first-order valence-corrected chi connectivity index (χ1v) is 5.06. The fraction of sp³-hybridized carbons (Fsp3) is 0.100. The maximum Gasteiger partial charge on any atom is 0.335 e. The number of carboxylic acid groups (broad SMARTS) is 1.